The molecule has 1 fully saturated rings. The zero-order chi connectivity index (χ0) is 16.2. The van der Waals surface area contributed by atoms with Crippen LogP contribution < -0.4 is 5.32 Å². The summed E-state index contributed by atoms with van der Waals surface area (Å²) in [5, 5.41) is 4.91. The Hall–Kier alpha value is -1.36. The first-order valence-electron chi connectivity index (χ1n) is 8.71. The van der Waals surface area contributed by atoms with Crippen LogP contribution in [0.15, 0.2) is 5.38 Å². The number of hydrogen-bond acceptors (Lipinski definition) is 4. The number of rotatable bonds is 4. The Bertz CT molecular complexity index is 581. The van der Waals surface area contributed by atoms with Gasteiger partial charge in [-0.3, -0.25) is 4.79 Å². The summed E-state index contributed by atoms with van der Waals surface area (Å²) in [5.41, 5.74) is 1.82. The second-order valence-electron chi connectivity index (χ2n) is 6.77. The highest BCUT2D eigenvalue weighted by Crippen LogP contribution is 2.30. The smallest absolute Gasteiger partial charge is 0.339 e. The van der Waals surface area contributed by atoms with E-state index in [1.165, 1.54) is 17.7 Å². The third-order valence-electron chi connectivity index (χ3n) is 5.07. The van der Waals surface area contributed by atoms with Gasteiger partial charge in [-0.2, -0.15) is 0 Å². The van der Waals surface area contributed by atoms with Crippen molar-refractivity contribution < 1.29 is 14.3 Å². The van der Waals surface area contributed by atoms with Gasteiger partial charge in [0.25, 0.3) is 5.91 Å². The van der Waals surface area contributed by atoms with Gasteiger partial charge < -0.3 is 10.1 Å². The van der Waals surface area contributed by atoms with E-state index in [-0.39, 0.29) is 24.5 Å². The average Bonchev–Trinajstić information content (AvgIpc) is 2.99. The predicted octanol–water partition coefficient (Wildman–Crippen LogP) is 3.48. The molecule has 4 nitrogen and oxygen atoms in total. The molecule has 0 aromatic carbocycles. The fourth-order valence-corrected chi connectivity index (χ4v) is 4.77. The molecule has 1 heterocycles. The topological polar surface area (TPSA) is 55.4 Å². The minimum atomic E-state index is -0.351. The number of thiophene rings is 1. The van der Waals surface area contributed by atoms with Crippen LogP contribution in [0.25, 0.3) is 0 Å². The van der Waals surface area contributed by atoms with Crippen LogP contribution in [0.5, 0.6) is 0 Å². The molecule has 1 amide bonds. The molecular formula is C18H25NO3S. The third kappa shape index (κ3) is 3.94. The fraction of sp³-hybridized carbons (Fsp3) is 0.667. The first kappa shape index (κ1) is 16.5. The maximum absolute atomic E-state index is 12.2. The zero-order valence-corrected chi connectivity index (χ0v) is 14.5. The van der Waals surface area contributed by atoms with Gasteiger partial charge in [0.15, 0.2) is 6.61 Å². The highest BCUT2D eigenvalue weighted by Gasteiger charge is 2.24. The number of ether oxygens (including phenoxy) is 1. The van der Waals surface area contributed by atoms with Crippen LogP contribution in [0, 0.1) is 5.92 Å². The van der Waals surface area contributed by atoms with Gasteiger partial charge in [-0.25, -0.2) is 4.79 Å². The summed E-state index contributed by atoms with van der Waals surface area (Å²) in [5.74, 6) is -0.0234. The van der Waals surface area contributed by atoms with Crippen molar-refractivity contribution in [1.29, 1.82) is 0 Å². The third-order valence-corrected chi connectivity index (χ3v) is 6.16. The predicted molar refractivity (Wildman–Crippen MR) is 90.8 cm³/mol. The van der Waals surface area contributed by atoms with Crippen LogP contribution in [0.1, 0.15) is 66.2 Å². The minimum absolute atomic E-state index is 0.174. The van der Waals surface area contributed by atoms with Crippen LogP contribution >= 0.6 is 11.3 Å². The lowest BCUT2D eigenvalue weighted by Gasteiger charge is -2.29. The molecule has 23 heavy (non-hydrogen) atoms. The first-order chi connectivity index (χ1) is 11.1. The zero-order valence-electron chi connectivity index (χ0n) is 13.7. The van der Waals surface area contributed by atoms with E-state index in [9.17, 15) is 9.59 Å². The summed E-state index contributed by atoms with van der Waals surface area (Å²) >= 11 is 1.64. The molecule has 2 aliphatic rings. The van der Waals surface area contributed by atoms with Gasteiger partial charge in [-0.1, -0.05) is 19.8 Å². The van der Waals surface area contributed by atoms with Gasteiger partial charge in [0.2, 0.25) is 0 Å². The molecule has 126 valence electrons. The molecule has 0 radical (unpaired) electrons. The quantitative estimate of drug-likeness (QED) is 0.857. The number of fused-ring (bicyclic) bond motifs is 1. The van der Waals surface area contributed by atoms with Gasteiger partial charge in [-0.05, 0) is 50.0 Å². The second kappa shape index (κ2) is 7.47. The molecule has 0 unspecified atom stereocenters. The van der Waals surface area contributed by atoms with Crippen molar-refractivity contribution in [2.45, 2.75) is 64.3 Å². The minimum Gasteiger partial charge on any atom is -0.452 e. The van der Waals surface area contributed by atoms with Crippen LogP contribution in [0.3, 0.4) is 0 Å². The normalized spacial score (nSPS) is 23.9. The number of aryl methyl sites for hydroxylation is 1. The summed E-state index contributed by atoms with van der Waals surface area (Å²) in [6, 6.07) is 0.226. The molecule has 2 aliphatic carbocycles. The van der Waals surface area contributed by atoms with Crippen molar-refractivity contribution in [3.63, 3.8) is 0 Å². The van der Waals surface area contributed by atoms with E-state index in [0.29, 0.717) is 11.5 Å². The fourth-order valence-electron chi connectivity index (χ4n) is 3.65. The van der Waals surface area contributed by atoms with Gasteiger partial charge in [-0.15, -0.1) is 11.3 Å². The van der Waals surface area contributed by atoms with Crippen LogP contribution in [0.4, 0.5) is 0 Å². The monoisotopic (exact) mass is 335 g/mol. The lowest BCUT2D eigenvalue weighted by atomic mass is 9.86. The largest absolute Gasteiger partial charge is 0.452 e. The van der Waals surface area contributed by atoms with Crippen molar-refractivity contribution in [2.24, 2.45) is 5.92 Å². The van der Waals surface area contributed by atoms with Gasteiger partial charge in [0, 0.05) is 16.3 Å². The maximum Gasteiger partial charge on any atom is 0.339 e. The SMILES string of the molecule is C[C@H]1CCCC[C@@H]1NC(=O)COC(=O)c1csc2c1CCCC2. The van der Waals surface area contributed by atoms with E-state index in [1.54, 1.807) is 11.3 Å². The Balaban J connectivity index is 1.50. The average molecular weight is 335 g/mol. The number of carbonyl (C=O) groups is 2. The van der Waals surface area contributed by atoms with E-state index < -0.39 is 0 Å². The summed E-state index contributed by atoms with van der Waals surface area (Å²) in [6.45, 7) is 2.00. The molecule has 3 rings (SSSR count). The van der Waals surface area contributed by atoms with Crippen molar-refractivity contribution >= 4 is 23.2 Å². The van der Waals surface area contributed by atoms with E-state index in [2.05, 4.69) is 12.2 Å². The summed E-state index contributed by atoms with van der Waals surface area (Å²) < 4.78 is 5.25. The molecule has 0 saturated heterocycles. The molecule has 0 bridgehead atoms. The van der Waals surface area contributed by atoms with Crippen molar-refractivity contribution in [1.82, 2.24) is 5.32 Å². The molecule has 1 N–H and O–H groups in total. The summed E-state index contributed by atoms with van der Waals surface area (Å²) in [4.78, 5) is 25.6. The Labute approximate surface area is 141 Å². The Kier molecular flexibility index (Phi) is 5.36. The molecule has 1 aromatic heterocycles. The van der Waals surface area contributed by atoms with Gasteiger partial charge in [0.05, 0.1) is 5.56 Å². The number of carbonyl (C=O) groups excluding carboxylic acids is 2. The van der Waals surface area contributed by atoms with Gasteiger partial charge >= 0.3 is 5.97 Å². The van der Waals surface area contributed by atoms with Crippen molar-refractivity contribution in [2.75, 3.05) is 6.61 Å². The van der Waals surface area contributed by atoms with E-state index in [1.807, 2.05) is 5.38 Å². The van der Waals surface area contributed by atoms with E-state index in [0.717, 1.165) is 44.1 Å². The lowest BCUT2D eigenvalue weighted by Crippen LogP contribution is -2.42. The first-order valence-corrected chi connectivity index (χ1v) is 9.59. The second-order valence-corrected chi connectivity index (χ2v) is 7.73. The molecule has 0 spiro atoms. The standard InChI is InChI=1S/C18H25NO3S/c1-12-6-2-4-8-15(12)19-17(20)10-22-18(21)14-11-23-16-9-5-3-7-13(14)16/h11-12,15H,2-10H2,1H3,(H,19,20)/t12-,15-/m0/s1. The molecule has 2 atom stereocenters. The number of esters is 1. The Morgan fingerprint density at radius 3 is 2.83 bits per heavy atom. The van der Waals surface area contributed by atoms with Crippen molar-refractivity contribution in [3.05, 3.63) is 21.4 Å². The summed E-state index contributed by atoms with van der Waals surface area (Å²) in [6.07, 6.45) is 8.93. The number of hydrogen-bond donors (Lipinski definition) is 1. The molecule has 1 aromatic rings. The molecule has 0 aliphatic heterocycles. The van der Waals surface area contributed by atoms with Crippen LogP contribution in [0.2, 0.25) is 0 Å². The molecule has 1 saturated carbocycles. The highest BCUT2D eigenvalue weighted by molar-refractivity contribution is 7.10. The number of amides is 1. The molecule has 5 heteroatoms. The summed E-state index contributed by atoms with van der Waals surface area (Å²) in [7, 11) is 0. The maximum atomic E-state index is 12.2. The highest BCUT2D eigenvalue weighted by atomic mass is 32.1. The van der Waals surface area contributed by atoms with Gasteiger partial charge in [0.1, 0.15) is 0 Å². The van der Waals surface area contributed by atoms with Crippen molar-refractivity contribution in [3.8, 4) is 0 Å². The lowest BCUT2D eigenvalue weighted by molar-refractivity contribution is -0.125. The van der Waals surface area contributed by atoms with E-state index >= 15 is 0 Å². The van der Waals surface area contributed by atoms with Crippen LogP contribution in [-0.4, -0.2) is 24.5 Å². The Morgan fingerprint density at radius 2 is 2.00 bits per heavy atom. The van der Waals surface area contributed by atoms with Crippen LogP contribution in [-0.2, 0) is 22.4 Å². The molecular weight excluding hydrogens is 310 g/mol. The number of nitrogens with one attached hydrogen (secondary N) is 1. The Morgan fingerprint density at radius 1 is 1.22 bits per heavy atom. The van der Waals surface area contributed by atoms with E-state index in [4.69, 9.17) is 4.74 Å².